The van der Waals surface area contributed by atoms with Crippen LogP contribution >= 0.6 is 0 Å². The van der Waals surface area contributed by atoms with Crippen LogP contribution in [-0.2, 0) is 38.0 Å². The van der Waals surface area contributed by atoms with Gasteiger partial charge in [0.05, 0.1) is 19.8 Å². The molecule has 0 amide bonds. The number of unbranched alkanes of at least 4 members (excludes halogenated alkanes) is 16. The Kier molecular flexibility index (Phi) is 34.6. The monoisotopic (exact) mass is 941 g/mol. The predicted octanol–water partition coefficient (Wildman–Crippen LogP) is 6.71. The molecule has 0 bridgehead atoms. The number of carbonyl (C=O) groups is 2. The van der Waals surface area contributed by atoms with E-state index in [1.165, 1.54) is 25.7 Å². The number of ether oxygens (including phenoxy) is 6. The summed E-state index contributed by atoms with van der Waals surface area (Å²) in [6.07, 6.45) is 24.2. The van der Waals surface area contributed by atoms with Gasteiger partial charge in [0.25, 0.3) is 0 Å². The summed E-state index contributed by atoms with van der Waals surface area (Å²) in [6.45, 7) is 2.43. The van der Waals surface area contributed by atoms with Crippen molar-refractivity contribution < 1.29 is 73.8 Å². The predicted molar refractivity (Wildman–Crippen MR) is 252 cm³/mol. The first-order valence-corrected chi connectivity index (χ1v) is 25.2. The number of hydrogen-bond acceptors (Lipinski definition) is 15. The van der Waals surface area contributed by atoms with E-state index in [0.29, 0.717) is 12.8 Å². The molecule has 0 aromatic rings. The lowest BCUT2D eigenvalue weighted by molar-refractivity contribution is -0.332. The zero-order valence-electron chi connectivity index (χ0n) is 40.2. The van der Waals surface area contributed by atoms with E-state index in [-0.39, 0.29) is 26.1 Å². The molecule has 2 fully saturated rings. The van der Waals surface area contributed by atoms with E-state index in [1.807, 2.05) is 0 Å². The van der Waals surface area contributed by atoms with Crippen LogP contribution in [0, 0.1) is 0 Å². The smallest absolute Gasteiger partial charge is 0.306 e. The Morgan fingerprint density at radius 3 is 1.52 bits per heavy atom. The van der Waals surface area contributed by atoms with Crippen molar-refractivity contribution in [1.29, 1.82) is 0 Å². The highest BCUT2D eigenvalue weighted by Gasteiger charge is 2.47. The van der Waals surface area contributed by atoms with Gasteiger partial charge in [-0.1, -0.05) is 133 Å². The van der Waals surface area contributed by atoms with E-state index < -0.39 is 92.7 Å². The van der Waals surface area contributed by atoms with Crippen LogP contribution in [0.4, 0.5) is 0 Å². The molecule has 0 aromatic carbocycles. The van der Waals surface area contributed by atoms with Crippen LogP contribution in [0.25, 0.3) is 0 Å². The number of hydrogen-bond donors (Lipinski definition) is 7. The van der Waals surface area contributed by atoms with Gasteiger partial charge in [0, 0.05) is 12.8 Å². The molecular formula is C51H88O15. The topological polar surface area (TPSA) is 231 Å². The molecule has 11 atom stereocenters. The van der Waals surface area contributed by atoms with E-state index in [2.05, 4.69) is 62.5 Å². The summed E-state index contributed by atoms with van der Waals surface area (Å²) in [4.78, 5) is 25.7. The van der Waals surface area contributed by atoms with Crippen LogP contribution in [0.5, 0.6) is 0 Å². The highest BCUT2D eigenvalue weighted by molar-refractivity contribution is 5.70. The average Bonchev–Trinajstić information content (AvgIpc) is 3.31. The van der Waals surface area contributed by atoms with Gasteiger partial charge in [-0.3, -0.25) is 9.59 Å². The molecule has 7 N–H and O–H groups in total. The van der Waals surface area contributed by atoms with Gasteiger partial charge in [-0.25, -0.2) is 0 Å². The van der Waals surface area contributed by atoms with Crippen LogP contribution in [0.2, 0.25) is 0 Å². The molecule has 382 valence electrons. The molecule has 2 aliphatic heterocycles. The molecule has 2 aliphatic rings. The Bertz CT molecular complexity index is 1340. The van der Waals surface area contributed by atoms with Gasteiger partial charge in [0.15, 0.2) is 18.7 Å². The normalized spacial score (nSPS) is 26.6. The van der Waals surface area contributed by atoms with Gasteiger partial charge in [0.1, 0.15) is 55.4 Å². The van der Waals surface area contributed by atoms with Gasteiger partial charge >= 0.3 is 11.9 Å². The summed E-state index contributed by atoms with van der Waals surface area (Å²) in [7, 11) is 0. The lowest BCUT2D eigenvalue weighted by Crippen LogP contribution is -2.61. The maximum atomic E-state index is 13.0. The van der Waals surface area contributed by atoms with Gasteiger partial charge in [-0.2, -0.15) is 0 Å². The van der Waals surface area contributed by atoms with E-state index in [4.69, 9.17) is 28.4 Å². The Morgan fingerprint density at radius 1 is 0.500 bits per heavy atom. The Hall–Kier alpha value is -2.54. The zero-order chi connectivity index (χ0) is 48.2. The molecule has 15 nitrogen and oxygen atoms in total. The van der Waals surface area contributed by atoms with Crippen molar-refractivity contribution in [3.05, 3.63) is 48.6 Å². The van der Waals surface area contributed by atoms with Gasteiger partial charge in [0.2, 0.25) is 0 Å². The quantitative estimate of drug-likeness (QED) is 0.0194. The third-order valence-electron chi connectivity index (χ3n) is 11.8. The standard InChI is InChI=1S/C51H88O15/c1-3-5-7-9-11-13-15-17-18-19-20-22-24-26-28-30-32-34-43(54)64-39(36-61-42(53)33-31-29-27-25-23-21-16-14-12-10-8-6-4-2)37-62-50-49(60)47(58)45(56)41(66-50)38-63-51-48(59)46(57)44(55)40(35-52)65-51/h5,7,11,13-14,16-18,39-41,44-52,55-60H,3-4,6,8-10,12,15,19-38H2,1-2H3/b7-5-,13-11-,16-14-,18-17-. The van der Waals surface area contributed by atoms with Crippen LogP contribution < -0.4 is 0 Å². The van der Waals surface area contributed by atoms with Crippen molar-refractivity contribution in [3.8, 4) is 0 Å². The van der Waals surface area contributed by atoms with Crippen molar-refractivity contribution >= 4 is 11.9 Å². The van der Waals surface area contributed by atoms with Crippen LogP contribution in [0.1, 0.15) is 168 Å². The van der Waals surface area contributed by atoms with Crippen LogP contribution in [0.3, 0.4) is 0 Å². The van der Waals surface area contributed by atoms with Crippen LogP contribution in [-0.4, -0.2) is 142 Å². The third kappa shape index (κ3) is 26.3. The fourth-order valence-electron chi connectivity index (χ4n) is 7.64. The summed E-state index contributed by atoms with van der Waals surface area (Å²) in [5.74, 6) is -0.949. The Balaban J connectivity index is 1.82. The van der Waals surface area contributed by atoms with Gasteiger partial charge in [-0.05, 0) is 70.6 Å². The van der Waals surface area contributed by atoms with Gasteiger partial charge < -0.3 is 64.2 Å². The molecule has 0 radical (unpaired) electrons. The molecule has 2 rings (SSSR count). The van der Waals surface area contributed by atoms with E-state index in [1.54, 1.807) is 0 Å². The summed E-state index contributed by atoms with van der Waals surface area (Å²) < 4.78 is 33.5. The second-order valence-electron chi connectivity index (χ2n) is 17.6. The minimum Gasteiger partial charge on any atom is -0.462 e. The highest BCUT2D eigenvalue weighted by atomic mass is 16.7. The lowest BCUT2D eigenvalue weighted by atomic mass is 9.98. The van der Waals surface area contributed by atoms with Crippen LogP contribution in [0.15, 0.2) is 48.6 Å². The van der Waals surface area contributed by atoms with Crippen molar-refractivity contribution in [2.75, 3.05) is 26.4 Å². The molecular weight excluding hydrogens is 853 g/mol. The Labute approximate surface area is 395 Å². The second kappa shape index (κ2) is 38.3. The number of aliphatic hydroxyl groups excluding tert-OH is 7. The van der Waals surface area contributed by atoms with E-state index in [9.17, 15) is 45.3 Å². The second-order valence-corrected chi connectivity index (χ2v) is 17.6. The minimum absolute atomic E-state index is 0.151. The first-order valence-electron chi connectivity index (χ1n) is 25.2. The summed E-state index contributed by atoms with van der Waals surface area (Å²) in [6, 6.07) is 0. The summed E-state index contributed by atoms with van der Waals surface area (Å²) in [5, 5.41) is 72.0. The molecule has 2 saturated heterocycles. The largest absolute Gasteiger partial charge is 0.462 e. The lowest BCUT2D eigenvalue weighted by Gasteiger charge is -2.42. The molecule has 15 heteroatoms. The van der Waals surface area contributed by atoms with E-state index in [0.717, 1.165) is 103 Å². The molecule has 2 heterocycles. The molecule has 0 saturated carbocycles. The first kappa shape index (κ1) is 59.6. The SMILES string of the molecule is CC/C=C\C/C=C\C/C=C\CCCCCCCCCC(=O)OC(COC(=O)CCCCCCC/C=C\CCCCCC)COC1OC(COC2OC(CO)C(O)C(O)C2O)C(O)C(O)C1O. The highest BCUT2D eigenvalue weighted by Crippen LogP contribution is 2.26. The van der Waals surface area contributed by atoms with Crippen molar-refractivity contribution in [1.82, 2.24) is 0 Å². The number of carbonyl (C=O) groups excluding carboxylic acids is 2. The van der Waals surface area contributed by atoms with Gasteiger partial charge in [-0.15, -0.1) is 0 Å². The maximum Gasteiger partial charge on any atom is 0.306 e. The number of esters is 2. The fourth-order valence-corrected chi connectivity index (χ4v) is 7.64. The van der Waals surface area contributed by atoms with Crippen molar-refractivity contribution in [3.63, 3.8) is 0 Å². The Morgan fingerprint density at radius 2 is 0.955 bits per heavy atom. The molecule has 11 unspecified atom stereocenters. The molecule has 66 heavy (non-hydrogen) atoms. The average molecular weight is 941 g/mol. The molecule has 0 aliphatic carbocycles. The summed E-state index contributed by atoms with van der Waals surface area (Å²) >= 11 is 0. The number of rotatable bonds is 38. The van der Waals surface area contributed by atoms with E-state index >= 15 is 0 Å². The third-order valence-corrected chi connectivity index (χ3v) is 11.8. The van der Waals surface area contributed by atoms with Crippen molar-refractivity contribution in [2.45, 2.75) is 235 Å². The molecule has 0 aromatic heterocycles. The number of allylic oxidation sites excluding steroid dienone is 8. The minimum atomic E-state index is -1.77. The van der Waals surface area contributed by atoms with Crippen molar-refractivity contribution in [2.24, 2.45) is 0 Å². The fraction of sp³-hybridized carbons (Fsp3) is 0.804. The zero-order valence-corrected chi connectivity index (χ0v) is 40.2. The summed E-state index contributed by atoms with van der Waals surface area (Å²) in [5.41, 5.74) is 0. The maximum absolute atomic E-state index is 13.0. The molecule has 0 spiro atoms. The first-order chi connectivity index (χ1) is 32.0. The number of aliphatic hydroxyl groups is 7.